The zero-order valence-electron chi connectivity index (χ0n) is 16.0. The van der Waals surface area contributed by atoms with E-state index < -0.39 is 33.6 Å². The summed E-state index contributed by atoms with van der Waals surface area (Å²) in [6.07, 6.45) is 0.429. The first kappa shape index (κ1) is 21.2. The van der Waals surface area contributed by atoms with E-state index in [0.717, 1.165) is 12.1 Å². The van der Waals surface area contributed by atoms with Crippen LogP contribution in [0.2, 0.25) is 0 Å². The first-order chi connectivity index (χ1) is 13.7. The summed E-state index contributed by atoms with van der Waals surface area (Å²) in [5.41, 5.74) is 0.831. The number of carbonyl (C=O) groups is 1. The van der Waals surface area contributed by atoms with Gasteiger partial charge in [0.15, 0.2) is 11.6 Å². The minimum Gasteiger partial charge on any atom is -0.492 e. The predicted molar refractivity (Wildman–Crippen MR) is 105 cm³/mol. The second-order valence-electron chi connectivity index (χ2n) is 7.29. The maximum absolute atomic E-state index is 13.4. The van der Waals surface area contributed by atoms with Gasteiger partial charge in [-0.3, -0.25) is 4.79 Å². The smallest absolute Gasteiger partial charge is 0.259 e. The fourth-order valence-electron chi connectivity index (χ4n) is 3.20. The molecule has 6 nitrogen and oxygen atoms in total. The molecule has 0 unspecified atom stereocenters. The van der Waals surface area contributed by atoms with E-state index in [1.54, 1.807) is 12.1 Å². The summed E-state index contributed by atoms with van der Waals surface area (Å²) in [4.78, 5) is 12.7. The molecule has 156 valence electrons. The molecule has 0 radical (unpaired) electrons. The van der Waals surface area contributed by atoms with Crippen molar-refractivity contribution >= 4 is 21.6 Å². The number of ether oxygens (including phenoxy) is 1. The number of hydrogen-bond donors (Lipinski definition) is 2. The summed E-state index contributed by atoms with van der Waals surface area (Å²) in [6, 6.07) is 7.38. The highest BCUT2D eigenvalue weighted by Crippen LogP contribution is 2.36. The number of carbonyl (C=O) groups excluding carboxylic acids is 1. The monoisotopic (exact) mass is 424 g/mol. The number of para-hydroxylation sites is 1. The lowest BCUT2D eigenvalue weighted by Crippen LogP contribution is -2.35. The normalized spacial score (nSPS) is 16.2. The van der Waals surface area contributed by atoms with Crippen LogP contribution in [0.5, 0.6) is 5.75 Å². The Labute approximate surface area is 168 Å². The van der Waals surface area contributed by atoms with Gasteiger partial charge >= 0.3 is 0 Å². The van der Waals surface area contributed by atoms with Crippen LogP contribution < -0.4 is 14.8 Å². The number of hydrogen-bond acceptors (Lipinski definition) is 4. The third-order valence-corrected chi connectivity index (χ3v) is 6.12. The second-order valence-corrected chi connectivity index (χ2v) is 9.09. The zero-order valence-corrected chi connectivity index (χ0v) is 16.9. The van der Waals surface area contributed by atoms with Gasteiger partial charge in [-0.05, 0) is 24.1 Å². The van der Waals surface area contributed by atoms with Gasteiger partial charge in [-0.1, -0.05) is 26.0 Å². The molecule has 3 rings (SSSR count). The number of fused-ring (bicyclic) bond motifs is 1. The molecule has 0 aliphatic carbocycles. The minimum atomic E-state index is -3.50. The van der Waals surface area contributed by atoms with E-state index in [-0.39, 0.29) is 35.3 Å². The van der Waals surface area contributed by atoms with Crippen LogP contribution in [-0.2, 0) is 10.0 Å². The molecule has 0 saturated heterocycles. The van der Waals surface area contributed by atoms with E-state index in [1.807, 2.05) is 13.8 Å². The fraction of sp³-hybridized carbons (Fsp3) is 0.350. The summed E-state index contributed by atoms with van der Waals surface area (Å²) in [6.45, 7) is 3.87. The first-order valence-corrected chi connectivity index (χ1v) is 10.8. The molecule has 1 aliphatic rings. The molecule has 2 aromatic rings. The lowest BCUT2D eigenvalue weighted by molar-refractivity contribution is 0.102. The highest BCUT2D eigenvalue weighted by Gasteiger charge is 2.29. The van der Waals surface area contributed by atoms with Crippen molar-refractivity contribution < 1.29 is 26.7 Å². The molecule has 2 aromatic carbocycles. The quantitative estimate of drug-likeness (QED) is 0.742. The van der Waals surface area contributed by atoms with Crippen LogP contribution in [0.4, 0.5) is 14.5 Å². The Hall–Kier alpha value is -2.52. The molecule has 0 saturated carbocycles. The van der Waals surface area contributed by atoms with Gasteiger partial charge in [0, 0.05) is 23.7 Å². The van der Waals surface area contributed by atoms with Gasteiger partial charge < -0.3 is 10.1 Å². The molecule has 1 heterocycles. The first-order valence-electron chi connectivity index (χ1n) is 9.18. The summed E-state index contributed by atoms with van der Waals surface area (Å²) >= 11 is 0. The van der Waals surface area contributed by atoms with Crippen molar-refractivity contribution in [3.63, 3.8) is 0 Å². The van der Waals surface area contributed by atoms with E-state index in [4.69, 9.17) is 4.74 Å². The van der Waals surface area contributed by atoms with Gasteiger partial charge in [0.25, 0.3) is 5.91 Å². The highest BCUT2D eigenvalue weighted by atomic mass is 32.2. The van der Waals surface area contributed by atoms with Gasteiger partial charge in [-0.15, -0.1) is 0 Å². The average Bonchev–Trinajstić information content (AvgIpc) is 2.63. The highest BCUT2D eigenvalue weighted by molar-refractivity contribution is 7.89. The van der Waals surface area contributed by atoms with Crippen LogP contribution in [0.15, 0.2) is 36.4 Å². The molecular weight excluding hydrogens is 402 g/mol. The van der Waals surface area contributed by atoms with Gasteiger partial charge in [-0.25, -0.2) is 21.9 Å². The molecule has 2 N–H and O–H groups in total. The predicted octanol–water partition coefficient (Wildman–Crippen LogP) is 3.62. The van der Waals surface area contributed by atoms with Crippen LogP contribution in [-0.4, -0.2) is 26.7 Å². The van der Waals surface area contributed by atoms with E-state index in [2.05, 4.69) is 10.0 Å². The van der Waals surface area contributed by atoms with Gasteiger partial charge in [0.1, 0.15) is 5.75 Å². The van der Waals surface area contributed by atoms with Crippen LogP contribution in [0, 0.1) is 17.6 Å². The molecule has 0 bridgehead atoms. The van der Waals surface area contributed by atoms with Crippen molar-refractivity contribution in [2.75, 3.05) is 17.7 Å². The molecule has 1 amide bonds. The lowest BCUT2D eigenvalue weighted by Gasteiger charge is -2.28. The molecule has 1 atom stereocenters. The van der Waals surface area contributed by atoms with Gasteiger partial charge in [0.05, 0.1) is 24.0 Å². The Morgan fingerprint density at radius 2 is 1.97 bits per heavy atom. The molecule has 9 heteroatoms. The SMILES string of the molecule is CC(C)CS(=O)(=O)N[C@H]1CCOc2c(C(=O)Nc3ccc(F)c(F)c3)cccc21. The summed E-state index contributed by atoms with van der Waals surface area (Å²) in [5.74, 6) is -2.42. The van der Waals surface area contributed by atoms with Crippen molar-refractivity contribution in [1.82, 2.24) is 4.72 Å². The maximum atomic E-state index is 13.4. The van der Waals surface area contributed by atoms with E-state index in [0.29, 0.717) is 12.0 Å². The number of nitrogens with one attached hydrogen (secondary N) is 2. The molecular formula is C20H22F2N2O4S. The van der Waals surface area contributed by atoms with E-state index in [1.165, 1.54) is 12.1 Å². The molecule has 1 aliphatic heterocycles. The maximum Gasteiger partial charge on any atom is 0.259 e. The molecule has 29 heavy (non-hydrogen) atoms. The minimum absolute atomic E-state index is 0.00397. The Balaban J connectivity index is 1.85. The van der Waals surface area contributed by atoms with E-state index in [9.17, 15) is 22.0 Å². The van der Waals surface area contributed by atoms with Crippen molar-refractivity contribution in [3.8, 4) is 5.75 Å². The van der Waals surface area contributed by atoms with Crippen molar-refractivity contribution in [3.05, 3.63) is 59.2 Å². The lowest BCUT2D eigenvalue weighted by atomic mass is 9.98. The third kappa shape index (κ3) is 5.10. The number of halogens is 2. The van der Waals surface area contributed by atoms with E-state index >= 15 is 0 Å². The molecule has 0 aromatic heterocycles. The van der Waals surface area contributed by atoms with Crippen LogP contribution in [0.25, 0.3) is 0 Å². The number of rotatable bonds is 6. The van der Waals surface area contributed by atoms with Crippen LogP contribution in [0.3, 0.4) is 0 Å². The number of anilines is 1. The second kappa shape index (κ2) is 8.46. The van der Waals surface area contributed by atoms with Gasteiger partial charge in [0.2, 0.25) is 10.0 Å². The molecule has 0 fully saturated rings. The van der Waals surface area contributed by atoms with Crippen molar-refractivity contribution in [2.45, 2.75) is 26.3 Å². The van der Waals surface area contributed by atoms with Crippen molar-refractivity contribution in [2.24, 2.45) is 5.92 Å². The summed E-state index contributed by atoms with van der Waals surface area (Å²) in [5, 5.41) is 2.50. The Morgan fingerprint density at radius 3 is 2.66 bits per heavy atom. The standard InChI is InChI=1S/C20H22F2N2O4S/c1-12(2)11-29(26,27)24-18-8-9-28-19-14(18)4-3-5-15(19)20(25)23-13-6-7-16(21)17(22)10-13/h3-7,10,12,18,24H,8-9,11H2,1-2H3,(H,23,25)/t18-/m0/s1. The summed E-state index contributed by atoms with van der Waals surface area (Å²) in [7, 11) is -3.50. The topological polar surface area (TPSA) is 84.5 Å². The van der Waals surface area contributed by atoms with Crippen LogP contribution >= 0.6 is 0 Å². The third-order valence-electron chi connectivity index (χ3n) is 4.37. The number of benzene rings is 2. The Kier molecular flexibility index (Phi) is 6.18. The number of amides is 1. The van der Waals surface area contributed by atoms with Crippen molar-refractivity contribution in [1.29, 1.82) is 0 Å². The zero-order chi connectivity index (χ0) is 21.2. The van der Waals surface area contributed by atoms with Gasteiger partial charge in [-0.2, -0.15) is 0 Å². The largest absolute Gasteiger partial charge is 0.492 e. The fourth-order valence-corrected chi connectivity index (χ4v) is 4.85. The average molecular weight is 424 g/mol. The van der Waals surface area contributed by atoms with Crippen LogP contribution in [0.1, 0.15) is 42.2 Å². The number of sulfonamides is 1. The summed E-state index contributed by atoms with van der Waals surface area (Å²) < 4.78 is 59.5. The molecule has 0 spiro atoms. The Morgan fingerprint density at radius 1 is 1.21 bits per heavy atom. The Bertz CT molecular complexity index is 1030.